The van der Waals surface area contributed by atoms with Crippen molar-refractivity contribution in [2.75, 3.05) is 0 Å². The van der Waals surface area contributed by atoms with E-state index < -0.39 is 0 Å². The third-order valence-corrected chi connectivity index (χ3v) is 4.52. The lowest BCUT2D eigenvalue weighted by Crippen LogP contribution is -2.37. The van der Waals surface area contributed by atoms with Gasteiger partial charge in [0.1, 0.15) is 0 Å². The van der Waals surface area contributed by atoms with Gasteiger partial charge in [0.25, 0.3) is 0 Å². The molecule has 2 unspecified atom stereocenters. The molecule has 14 heavy (non-hydrogen) atoms. The average molecular weight is 302 g/mol. The Kier molecular flexibility index (Phi) is 2.20. The van der Waals surface area contributed by atoms with Crippen molar-refractivity contribution in [3.8, 4) is 0 Å². The first-order valence-electron chi connectivity index (χ1n) is 4.85. The highest BCUT2D eigenvalue weighted by Crippen LogP contribution is 2.52. The van der Waals surface area contributed by atoms with Gasteiger partial charge in [-0.2, -0.15) is 0 Å². The first kappa shape index (κ1) is 10.4. The van der Waals surface area contributed by atoms with Crippen molar-refractivity contribution in [2.24, 2.45) is 0 Å². The zero-order chi connectivity index (χ0) is 10.6. The van der Waals surface area contributed by atoms with E-state index in [0.29, 0.717) is 0 Å². The summed E-state index contributed by atoms with van der Waals surface area (Å²) in [5.74, 6) is 0. The van der Waals surface area contributed by atoms with Crippen LogP contribution in [0.4, 0.5) is 0 Å². The normalized spacial score (nSPS) is 34.2. The molecule has 0 saturated carbocycles. The Balaban J connectivity index is 2.70. The fraction of sp³-hybridized carbons (Fsp3) is 0.500. The molecule has 0 radical (unpaired) electrons. The van der Waals surface area contributed by atoms with E-state index in [1.165, 1.54) is 11.1 Å². The minimum atomic E-state index is -0.312. The Morgan fingerprint density at radius 2 is 1.64 bits per heavy atom. The number of benzene rings is 1. The number of aliphatic hydroxyl groups is 1. The summed E-state index contributed by atoms with van der Waals surface area (Å²) >= 11 is 2.36. The topological polar surface area (TPSA) is 20.2 Å². The summed E-state index contributed by atoms with van der Waals surface area (Å²) < 4.78 is -0.155. The second kappa shape index (κ2) is 2.95. The van der Waals surface area contributed by atoms with Crippen molar-refractivity contribution in [1.82, 2.24) is 0 Å². The van der Waals surface area contributed by atoms with E-state index in [0.717, 1.165) is 0 Å². The zero-order valence-corrected chi connectivity index (χ0v) is 10.9. The molecule has 1 aromatic carbocycles. The van der Waals surface area contributed by atoms with Gasteiger partial charge in [-0.15, -0.1) is 0 Å². The Labute approximate surface area is 98.7 Å². The third-order valence-electron chi connectivity index (χ3n) is 3.34. The van der Waals surface area contributed by atoms with Crippen molar-refractivity contribution in [2.45, 2.75) is 35.7 Å². The van der Waals surface area contributed by atoms with Crippen LogP contribution in [0.2, 0.25) is 0 Å². The van der Waals surface area contributed by atoms with E-state index in [-0.39, 0.29) is 14.9 Å². The lowest BCUT2D eigenvalue weighted by molar-refractivity contribution is 0.0896. The van der Waals surface area contributed by atoms with Crippen molar-refractivity contribution in [3.05, 3.63) is 35.4 Å². The van der Waals surface area contributed by atoms with Gasteiger partial charge in [0.2, 0.25) is 0 Å². The van der Waals surface area contributed by atoms with Crippen LogP contribution in [0.3, 0.4) is 0 Å². The molecular formula is C12H15IO. The molecule has 0 amide bonds. The molecule has 2 heteroatoms. The smallest absolute Gasteiger partial charge is 0.0815 e. The van der Waals surface area contributed by atoms with Gasteiger partial charge in [0.15, 0.2) is 0 Å². The molecule has 0 aromatic heterocycles. The SMILES string of the molecule is CC1(C)c2ccccc2C(C)(I)C1O. The number of hydrogen-bond donors (Lipinski definition) is 1. The van der Waals surface area contributed by atoms with E-state index in [4.69, 9.17) is 0 Å². The maximum absolute atomic E-state index is 10.3. The predicted molar refractivity (Wildman–Crippen MR) is 66.8 cm³/mol. The number of halogens is 1. The van der Waals surface area contributed by atoms with Crippen molar-refractivity contribution < 1.29 is 5.11 Å². The second-order valence-electron chi connectivity index (χ2n) is 4.75. The molecule has 76 valence electrons. The van der Waals surface area contributed by atoms with E-state index in [1.807, 2.05) is 12.1 Å². The molecule has 0 fully saturated rings. The Hall–Kier alpha value is -0.0900. The Morgan fingerprint density at radius 3 is 2.14 bits per heavy atom. The lowest BCUT2D eigenvalue weighted by atomic mass is 9.84. The predicted octanol–water partition coefficient (Wildman–Crippen LogP) is 2.99. The zero-order valence-electron chi connectivity index (χ0n) is 8.71. The molecule has 0 heterocycles. The van der Waals surface area contributed by atoms with Crippen LogP contribution in [-0.4, -0.2) is 11.2 Å². The van der Waals surface area contributed by atoms with E-state index in [9.17, 15) is 5.11 Å². The Morgan fingerprint density at radius 1 is 1.14 bits per heavy atom. The average Bonchev–Trinajstić information content (AvgIpc) is 2.28. The summed E-state index contributed by atoms with van der Waals surface area (Å²) in [6.45, 7) is 6.33. The first-order valence-corrected chi connectivity index (χ1v) is 5.93. The minimum Gasteiger partial charge on any atom is -0.390 e. The maximum atomic E-state index is 10.3. The maximum Gasteiger partial charge on any atom is 0.0815 e. The second-order valence-corrected chi connectivity index (χ2v) is 6.99. The summed E-state index contributed by atoms with van der Waals surface area (Å²) in [4.78, 5) is 0. The summed E-state index contributed by atoms with van der Waals surface area (Å²) in [6, 6.07) is 8.34. The summed E-state index contributed by atoms with van der Waals surface area (Å²) in [5.41, 5.74) is 2.43. The number of hydrogen-bond acceptors (Lipinski definition) is 1. The number of fused-ring (bicyclic) bond motifs is 1. The fourth-order valence-electron chi connectivity index (χ4n) is 2.44. The van der Waals surface area contributed by atoms with Gasteiger partial charge in [-0.05, 0) is 18.1 Å². The highest BCUT2D eigenvalue weighted by molar-refractivity contribution is 14.1. The van der Waals surface area contributed by atoms with Gasteiger partial charge in [-0.3, -0.25) is 0 Å². The van der Waals surface area contributed by atoms with Gasteiger partial charge in [0.05, 0.1) is 9.53 Å². The van der Waals surface area contributed by atoms with Crippen molar-refractivity contribution in [1.29, 1.82) is 0 Å². The van der Waals surface area contributed by atoms with Crippen LogP contribution in [-0.2, 0) is 8.84 Å². The van der Waals surface area contributed by atoms with Gasteiger partial charge in [-0.1, -0.05) is 60.7 Å². The van der Waals surface area contributed by atoms with Gasteiger partial charge >= 0.3 is 0 Å². The number of aliphatic hydroxyl groups excluding tert-OH is 1. The first-order chi connectivity index (χ1) is 6.38. The van der Waals surface area contributed by atoms with E-state index >= 15 is 0 Å². The van der Waals surface area contributed by atoms with Crippen LogP contribution in [0.5, 0.6) is 0 Å². The molecule has 1 nitrogen and oxygen atoms in total. The highest BCUT2D eigenvalue weighted by atomic mass is 127. The number of rotatable bonds is 0. The molecule has 0 aliphatic heterocycles. The van der Waals surface area contributed by atoms with Gasteiger partial charge < -0.3 is 5.11 Å². The molecule has 1 aliphatic carbocycles. The van der Waals surface area contributed by atoms with Crippen LogP contribution < -0.4 is 0 Å². The van der Waals surface area contributed by atoms with Gasteiger partial charge in [-0.25, -0.2) is 0 Å². The third kappa shape index (κ3) is 1.16. The molecular weight excluding hydrogens is 287 g/mol. The molecule has 1 N–H and O–H groups in total. The monoisotopic (exact) mass is 302 g/mol. The van der Waals surface area contributed by atoms with Crippen LogP contribution in [0.25, 0.3) is 0 Å². The molecule has 1 aliphatic rings. The largest absolute Gasteiger partial charge is 0.390 e. The molecule has 0 bridgehead atoms. The molecule has 2 rings (SSSR count). The summed E-state index contributed by atoms with van der Waals surface area (Å²) in [6.07, 6.45) is -0.312. The van der Waals surface area contributed by atoms with Crippen molar-refractivity contribution >= 4 is 22.6 Å². The molecule has 0 saturated heterocycles. The minimum absolute atomic E-state index is 0.132. The van der Waals surface area contributed by atoms with Crippen LogP contribution in [0.1, 0.15) is 31.9 Å². The summed E-state index contributed by atoms with van der Waals surface area (Å²) in [7, 11) is 0. The molecule has 1 aromatic rings. The number of alkyl halides is 1. The highest BCUT2D eigenvalue weighted by Gasteiger charge is 2.51. The van der Waals surface area contributed by atoms with Crippen LogP contribution in [0, 0.1) is 0 Å². The summed E-state index contributed by atoms with van der Waals surface area (Å²) in [5, 5.41) is 10.3. The van der Waals surface area contributed by atoms with E-state index in [1.54, 1.807) is 0 Å². The standard InChI is InChI=1S/C12H15IO/c1-11(2)8-6-4-5-7-9(8)12(3,13)10(11)14/h4-7,10,14H,1-3H3. The van der Waals surface area contributed by atoms with Crippen LogP contribution >= 0.6 is 22.6 Å². The molecule has 2 atom stereocenters. The Bertz CT molecular complexity index is 333. The van der Waals surface area contributed by atoms with Crippen LogP contribution in [0.15, 0.2) is 24.3 Å². The quantitative estimate of drug-likeness (QED) is 0.577. The lowest BCUT2D eigenvalue weighted by Gasteiger charge is -2.29. The fourth-order valence-corrected chi connectivity index (χ4v) is 3.69. The molecule has 0 spiro atoms. The van der Waals surface area contributed by atoms with Gasteiger partial charge in [0, 0.05) is 5.41 Å². The van der Waals surface area contributed by atoms with E-state index in [2.05, 4.69) is 55.5 Å². The van der Waals surface area contributed by atoms with Crippen molar-refractivity contribution in [3.63, 3.8) is 0 Å².